The van der Waals surface area contributed by atoms with Crippen molar-refractivity contribution in [3.05, 3.63) is 158 Å². The second kappa shape index (κ2) is 11.2. The van der Waals surface area contributed by atoms with Crippen molar-refractivity contribution in [3.63, 3.8) is 0 Å². The van der Waals surface area contributed by atoms with Gasteiger partial charge < -0.3 is 4.57 Å². The molecule has 0 N–H and O–H groups in total. The highest BCUT2D eigenvalue weighted by Gasteiger charge is 2.20. The summed E-state index contributed by atoms with van der Waals surface area (Å²) in [5, 5.41) is 7.60. The predicted octanol–water partition coefficient (Wildman–Crippen LogP) is 12.7. The molecule has 0 radical (unpaired) electrons. The Morgan fingerprint density at radius 3 is 1.45 bits per heavy atom. The molecule has 0 saturated heterocycles. The zero-order chi connectivity index (χ0) is 33.5. The van der Waals surface area contributed by atoms with Crippen LogP contribution in [0.5, 0.6) is 0 Å². The van der Waals surface area contributed by atoms with Crippen LogP contribution in [0.1, 0.15) is 0 Å². The minimum atomic E-state index is 0.670. The van der Waals surface area contributed by atoms with Gasteiger partial charge in [0.15, 0.2) is 17.5 Å². The van der Waals surface area contributed by atoms with Gasteiger partial charge in [0.05, 0.1) is 21.4 Å². The van der Waals surface area contributed by atoms with E-state index < -0.39 is 0 Å². The lowest BCUT2D eigenvalue weighted by Crippen LogP contribution is -2.00. The molecule has 4 aromatic heterocycles. The smallest absolute Gasteiger partial charge is 0.165 e. The highest BCUT2D eigenvalue weighted by molar-refractivity contribution is 7.28. The summed E-state index contributed by atoms with van der Waals surface area (Å²) in [5.74, 6) is 2.02. The monoisotopic (exact) mass is 686 g/mol. The molecule has 0 spiro atoms. The number of benzene rings is 7. The first kappa shape index (κ1) is 28.6. The summed E-state index contributed by atoms with van der Waals surface area (Å²) in [4.78, 5) is 15.1. The molecule has 4 heterocycles. The molecular weight excluding hydrogens is 661 g/mol. The van der Waals surface area contributed by atoms with Gasteiger partial charge in [-0.05, 0) is 36.4 Å². The quantitative estimate of drug-likeness (QED) is 0.185. The molecule has 238 valence electrons. The maximum Gasteiger partial charge on any atom is 0.165 e. The zero-order valence-corrected chi connectivity index (χ0v) is 28.7. The molecule has 0 aliphatic rings. The van der Waals surface area contributed by atoms with E-state index in [1.807, 2.05) is 59.1 Å². The fourth-order valence-corrected chi connectivity index (χ4v) is 10.00. The Hall–Kier alpha value is -6.21. The van der Waals surface area contributed by atoms with Crippen molar-refractivity contribution in [3.8, 4) is 39.9 Å². The van der Waals surface area contributed by atoms with Gasteiger partial charge >= 0.3 is 0 Å². The normalized spacial score (nSPS) is 11.9. The molecule has 0 bridgehead atoms. The molecule has 11 rings (SSSR count). The van der Waals surface area contributed by atoms with Gasteiger partial charge in [-0.25, -0.2) is 15.0 Å². The van der Waals surface area contributed by atoms with E-state index in [1.165, 1.54) is 67.8 Å². The summed E-state index contributed by atoms with van der Waals surface area (Å²) < 4.78 is 7.47. The van der Waals surface area contributed by atoms with Gasteiger partial charge in [0.1, 0.15) is 0 Å². The van der Waals surface area contributed by atoms with Crippen LogP contribution < -0.4 is 0 Å². The van der Waals surface area contributed by atoms with Crippen LogP contribution in [0.25, 0.3) is 102 Å². The predicted molar refractivity (Wildman–Crippen MR) is 216 cm³/mol. The Balaban J connectivity index is 1.12. The van der Waals surface area contributed by atoms with E-state index >= 15 is 0 Å². The Morgan fingerprint density at radius 1 is 0.373 bits per heavy atom. The average Bonchev–Trinajstić information content (AvgIpc) is 3.86. The van der Waals surface area contributed by atoms with Crippen molar-refractivity contribution in [2.45, 2.75) is 0 Å². The third kappa shape index (κ3) is 4.40. The molecule has 0 saturated carbocycles. The van der Waals surface area contributed by atoms with Crippen LogP contribution in [-0.4, -0.2) is 19.5 Å². The Morgan fingerprint density at radius 2 is 0.843 bits per heavy atom. The lowest BCUT2D eigenvalue weighted by atomic mass is 10.1. The third-order valence-electron chi connectivity index (χ3n) is 9.86. The zero-order valence-electron chi connectivity index (χ0n) is 27.1. The first-order valence-corrected chi connectivity index (χ1v) is 18.6. The maximum absolute atomic E-state index is 5.07. The van der Waals surface area contributed by atoms with Crippen LogP contribution in [-0.2, 0) is 0 Å². The highest BCUT2D eigenvalue weighted by atomic mass is 32.1. The number of fused-ring (bicyclic) bond motifs is 9. The second-order valence-corrected chi connectivity index (χ2v) is 14.9. The van der Waals surface area contributed by atoms with E-state index in [4.69, 9.17) is 15.0 Å². The van der Waals surface area contributed by atoms with Gasteiger partial charge in [0.25, 0.3) is 0 Å². The summed E-state index contributed by atoms with van der Waals surface area (Å²) in [6.45, 7) is 0. The van der Waals surface area contributed by atoms with Crippen LogP contribution in [0.3, 0.4) is 0 Å². The lowest BCUT2D eigenvalue weighted by molar-refractivity contribution is 1.08. The molecule has 51 heavy (non-hydrogen) atoms. The minimum Gasteiger partial charge on any atom is -0.308 e. The van der Waals surface area contributed by atoms with Crippen LogP contribution in [0.15, 0.2) is 158 Å². The van der Waals surface area contributed by atoms with E-state index in [2.05, 4.69) is 126 Å². The van der Waals surface area contributed by atoms with Crippen molar-refractivity contribution in [2.24, 2.45) is 0 Å². The van der Waals surface area contributed by atoms with Crippen LogP contribution >= 0.6 is 22.7 Å². The van der Waals surface area contributed by atoms with Crippen molar-refractivity contribution < 1.29 is 0 Å². The summed E-state index contributed by atoms with van der Waals surface area (Å²) in [6.07, 6.45) is 0. The Bertz CT molecular complexity index is 3030. The fraction of sp³-hybridized carbons (Fsp3) is 0. The van der Waals surface area contributed by atoms with Crippen LogP contribution in [0.4, 0.5) is 0 Å². The molecule has 11 aromatic rings. The number of thiophene rings is 2. The molecule has 0 unspecified atom stereocenters. The molecule has 0 amide bonds. The van der Waals surface area contributed by atoms with Gasteiger partial charge in [-0.1, -0.05) is 121 Å². The largest absolute Gasteiger partial charge is 0.308 e. The fourth-order valence-electron chi connectivity index (χ4n) is 7.54. The Labute approximate surface area is 300 Å². The van der Waals surface area contributed by atoms with Gasteiger partial charge in [-0.15, -0.1) is 22.7 Å². The standard InChI is InChI=1S/C45H26N4S2/c1-3-13-27(14-4-1)43-46-44(28-15-5-2-6-16-28)48-45(47-43)33-21-11-19-31-34-25-40-35(26-39(34)50-41(31)33)32-20-12-24-38(42(32)51-40)49-36-22-9-7-17-29(36)30-18-8-10-23-37(30)49/h1-26H. The van der Waals surface area contributed by atoms with Crippen molar-refractivity contribution in [2.75, 3.05) is 0 Å². The Kier molecular flexibility index (Phi) is 6.26. The first-order chi connectivity index (χ1) is 25.3. The van der Waals surface area contributed by atoms with Gasteiger partial charge in [-0.3, -0.25) is 0 Å². The number of hydrogen-bond acceptors (Lipinski definition) is 5. The van der Waals surface area contributed by atoms with E-state index in [1.54, 1.807) is 0 Å². The summed E-state index contributed by atoms with van der Waals surface area (Å²) >= 11 is 3.70. The summed E-state index contributed by atoms with van der Waals surface area (Å²) in [6, 6.07) is 55.9. The molecular formula is C45H26N4S2. The number of aromatic nitrogens is 4. The number of nitrogens with zero attached hydrogens (tertiary/aromatic N) is 4. The summed E-state index contributed by atoms with van der Waals surface area (Å²) in [5.41, 5.74) is 6.63. The molecule has 6 heteroatoms. The van der Waals surface area contributed by atoms with Crippen molar-refractivity contribution >= 4 is 84.8 Å². The molecule has 0 aliphatic heterocycles. The average molecular weight is 687 g/mol. The third-order valence-corrected chi connectivity index (χ3v) is 12.2. The highest BCUT2D eigenvalue weighted by Crippen LogP contribution is 2.46. The first-order valence-electron chi connectivity index (χ1n) is 16.9. The van der Waals surface area contributed by atoms with Crippen LogP contribution in [0, 0.1) is 0 Å². The SMILES string of the molecule is c1ccc(-c2nc(-c3ccccc3)nc(-c3cccc4c3sc3cc5c(cc34)sc3c(-n4c6ccccc6c6ccccc64)cccc35)n2)cc1. The van der Waals surface area contributed by atoms with Gasteiger partial charge in [0, 0.05) is 63.1 Å². The number of hydrogen-bond donors (Lipinski definition) is 0. The van der Waals surface area contributed by atoms with Crippen molar-refractivity contribution in [1.82, 2.24) is 19.5 Å². The van der Waals surface area contributed by atoms with Gasteiger partial charge in [-0.2, -0.15) is 0 Å². The lowest BCUT2D eigenvalue weighted by Gasteiger charge is -2.09. The molecule has 0 atom stereocenters. The van der Waals surface area contributed by atoms with Gasteiger partial charge in [0.2, 0.25) is 0 Å². The molecule has 0 fully saturated rings. The maximum atomic E-state index is 5.07. The van der Waals surface area contributed by atoms with Crippen molar-refractivity contribution in [1.29, 1.82) is 0 Å². The minimum absolute atomic E-state index is 0.670. The van der Waals surface area contributed by atoms with Crippen LogP contribution in [0.2, 0.25) is 0 Å². The topological polar surface area (TPSA) is 43.6 Å². The van der Waals surface area contributed by atoms with E-state index in [0.29, 0.717) is 17.5 Å². The second-order valence-electron chi connectivity index (χ2n) is 12.8. The number of para-hydroxylation sites is 2. The molecule has 7 aromatic carbocycles. The van der Waals surface area contributed by atoms with E-state index in [-0.39, 0.29) is 0 Å². The summed E-state index contributed by atoms with van der Waals surface area (Å²) in [7, 11) is 0. The molecule has 4 nitrogen and oxygen atoms in total. The molecule has 0 aliphatic carbocycles. The van der Waals surface area contributed by atoms with E-state index in [0.717, 1.165) is 16.7 Å². The number of rotatable bonds is 4. The van der Waals surface area contributed by atoms with E-state index in [9.17, 15) is 0 Å².